The fraction of sp³-hybridized carbons (Fsp3) is 0.367. The molecule has 4 aromatic rings. The Kier molecular flexibility index (Phi) is 6.94. The van der Waals surface area contributed by atoms with Crippen LogP contribution >= 0.6 is 0 Å². The summed E-state index contributed by atoms with van der Waals surface area (Å²) < 4.78 is 7.79. The van der Waals surface area contributed by atoms with Crippen LogP contribution in [0.2, 0.25) is 0 Å². The van der Waals surface area contributed by atoms with Crippen molar-refractivity contribution in [1.29, 1.82) is 0 Å². The first-order valence-corrected chi connectivity index (χ1v) is 13.9. The van der Waals surface area contributed by atoms with Gasteiger partial charge in [0.05, 0.1) is 6.10 Å². The largest absolute Gasteiger partial charge is 0.490 e. The van der Waals surface area contributed by atoms with Gasteiger partial charge in [-0.2, -0.15) is 0 Å². The number of fused-ring (bicyclic) bond motifs is 1. The monoisotopic (exact) mass is 554 g/mol. The topological polar surface area (TPSA) is 131 Å². The SMILES string of the molecule is C[C@H]1CC[C@@H](c2nc(-c3ccc(C(=O)Nc4cc(OC5CC5)ccn4)cc3)c3c(N)nccn23)CN1C(=O)N(C)C. The molecule has 3 aromatic heterocycles. The summed E-state index contributed by atoms with van der Waals surface area (Å²) in [6.45, 7) is 2.65. The quantitative estimate of drug-likeness (QED) is 0.361. The summed E-state index contributed by atoms with van der Waals surface area (Å²) in [6, 6.07) is 10.9. The Morgan fingerprint density at radius 1 is 1.05 bits per heavy atom. The van der Waals surface area contributed by atoms with Gasteiger partial charge in [0.2, 0.25) is 0 Å². The molecule has 0 radical (unpaired) electrons. The Morgan fingerprint density at radius 2 is 1.83 bits per heavy atom. The highest BCUT2D eigenvalue weighted by Crippen LogP contribution is 2.35. The minimum Gasteiger partial charge on any atom is -0.490 e. The van der Waals surface area contributed by atoms with Gasteiger partial charge in [0.1, 0.15) is 34.4 Å². The number of nitrogen functional groups attached to an aromatic ring is 1. The van der Waals surface area contributed by atoms with Gasteiger partial charge < -0.3 is 25.6 Å². The van der Waals surface area contributed by atoms with Gasteiger partial charge in [0, 0.05) is 68.4 Å². The lowest BCUT2D eigenvalue weighted by Crippen LogP contribution is -2.49. The maximum atomic E-state index is 13.0. The smallest absolute Gasteiger partial charge is 0.319 e. The number of likely N-dealkylation sites (tertiary alicyclic amines) is 1. The number of rotatable bonds is 6. The number of nitrogens with two attached hydrogens (primary N) is 1. The van der Waals surface area contributed by atoms with Gasteiger partial charge in [0.15, 0.2) is 0 Å². The van der Waals surface area contributed by atoms with Crippen molar-refractivity contribution in [3.8, 4) is 17.0 Å². The number of amides is 3. The van der Waals surface area contributed by atoms with Crippen molar-refractivity contribution < 1.29 is 14.3 Å². The summed E-state index contributed by atoms with van der Waals surface area (Å²) in [7, 11) is 3.55. The molecular weight excluding hydrogens is 520 g/mol. The lowest BCUT2D eigenvalue weighted by molar-refractivity contribution is 0.102. The predicted octanol–water partition coefficient (Wildman–Crippen LogP) is 4.42. The van der Waals surface area contributed by atoms with E-state index in [0.717, 1.165) is 37.1 Å². The Bertz CT molecular complexity index is 1600. The number of ether oxygens (including phenoxy) is 1. The molecule has 0 bridgehead atoms. The number of nitrogens with zero attached hydrogens (tertiary/aromatic N) is 6. The van der Waals surface area contributed by atoms with E-state index in [0.29, 0.717) is 40.7 Å². The molecule has 0 unspecified atom stereocenters. The average Bonchev–Trinajstić information content (AvgIpc) is 3.69. The van der Waals surface area contributed by atoms with Gasteiger partial charge in [-0.1, -0.05) is 12.1 Å². The Morgan fingerprint density at radius 3 is 2.56 bits per heavy atom. The van der Waals surface area contributed by atoms with Crippen LogP contribution in [0.4, 0.5) is 16.4 Å². The molecule has 0 spiro atoms. The van der Waals surface area contributed by atoms with E-state index in [1.807, 2.05) is 27.6 Å². The first-order chi connectivity index (χ1) is 19.8. The average molecular weight is 555 g/mol. The van der Waals surface area contributed by atoms with Crippen LogP contribution in [0, 0.1) is 0 Å². The Labute approximate surface area is 238 Å². The summed E-state index contributed by atoms with van der Waals surface area (Å²) >= 11 is 0. The first-order valence-electron chi connectivity index (χ1n) is 13.9. The minimum atomic E-state index is -0.272. The van der Waals surface area contributed by atoms with E-state index in [9.17, 15) is 9.59 Å². The molecule has 3 N–H and O–H groups in total. The molecule has 1 saturated carbocycles. The van der Waals surface area contributed by atoms with Crippen LogP contribution in [-0.2, 0) is 0 Å². The molecule has 2 atom stereocenters. The van der Waals surface area contributed by atoms with Crippen LogP contribution in [0.25, 0.3) is 16.8 Å². The van der Waals surface area contributed by atoms with Crippen molar-refractivity contribution in [1.82, 2.24) is 29.2 Å². The van der Waals surface area contributed by atoms with Crippen molar-refractivity contribution in [2.45, 2.75) is 50.7 Å². The highest BCUT2D eigenvalue weighted by atomic mass is 16.5. The van der Waals surface area contributed by atoms with Gasteiger partial charge >= 0.3 is 6.03 Å². The number of anilines is 2. The predicted molar refractivity (Wildman–Crippen MR) is 156 cm³/mol. The number of hydrogen-bond donors (Lipinski definition) is 2. The normalized spacial score (nSPS) is 18.8. The molecule has 11 nitrogen and oxygen atoms in total. The number of benzene rings is 1. The molecule has 1 saturated heterocycles. The van der Waals surface area contributed by atoms with E-state index in [-0.39, 0.29) is 30.0 Å². The Hall–Kier alpha value is -4.67. The summed E-state index contributed by atoms with van der Waals surface area (Å²) in [6.07, 6.45) is 9.31. The lowest BCUT2D eigenvalue weighted by atomic mass is 9.93. The number of nitrogens with one attached hydrogen (secondary N) is 1. The number of hydrogen-bond acceptors (Lipinski definition) is 7. The highest BCUT2D eigenvalue weighted by Gasteiger charge is 2.33. The number of imidazole rings is 1. The van der Waals surface area contributed by atoms with E-state index >= 15 is 0 Å². The molecule has 1 aliphatic carbocycles. The Balaban J connectivity index is 1.26. The lowest BCUT2D eigenvalue weighted by Gasteiger charge is -2.38. The summed E-state index contributed by atoms with van der Waals surface area (Å²) in [5.74, 6) is 2.11. The number of aromatic nitrogens is 4. The maximum Gasteiger partial charge on any atom is 0.319 e. The van der Waals surface area contributed by atoms with Gasteiger partial charge in [-0.25, -0.2) is 19.7 Å². The molecule has 6 rings (SSSR count). The van der Waals surface area contributed by atoms with Gasteiger partial charge in [-0.3, -0.25) is 9.20 Å². The van der Waals surface area contributed by atoms with E-state index < -0.39 is 0 Å². The van der Waals surface area contributed by atoms with Crippen molar-refractivity contribution in [3.63, 3.8) is 0 Å². The zero-order valence-corrected chi connectivity index (χ0v) is 23.4. The number of pyridine rings is 1. The number of carbonyl (C=O) groups is 2. The van der Waals surface area contributed by atoms with Crippen molar-refractivity contribution in [3.05, 3.63) is 66.4 Å². The second-order valence-corrected chi connectivity index (χ2v) is 11.0. The zero-order valence-electron chi connectivity index (χ0n) is 23.4. The summed E-state index contributed by atoms with van der Waals surface area (Å²) in [5, 5.41) is 2.85. The zero-order chi connectivity index (χ0) is 28.7. The number of piperidine rings is 1. The first kappa shape index (κ1) is 26.5. The van der Waals surface area contributed by atoms with E-state index in [1.54, 1.807) is 55.7 Å². The third-order valence-electron chi connectivity index (χ3n) is 7.71. The molecule has 4 heterocycles. The fourth-order valence-corrected chi connectivity index (χ4v) is 5.32. The molecule has 2 fully saturated rings. The summed E-state index contributed by atoms with van der Waals surface area (Å²) in [5.41, 5.74) is 9.05. The van der Waals surface area contributed by atoms with Gasteiger partial charge in [-0.15, -0.1) is 0 Å². The van der Waals surface area contributed by atoms with Crippen LogP contribution in [0.1, 0.15) is 54.7 Å². The molecular formula is C30H34N8O3. The van der Waals surface area contributed by atoms with Crippen LogP contribution < -0.4 is 15.8 Å². The maximum absolute atomic E-state index is 13.0. The standard InChI is InChI=1S/C30H34N8O3/c1-18-4-5-21(17-38(18)30(40)36(2)3)28-35-25(26-27(31)33-14-15-37(26)28)19-6-8-20(9-7-19)29(39)34-24-16-23(12-13-32-24)41-22-10-11-22/h6-9,12-16,18,21-22H,4-5,10-11,17H2,1-3H3,(H2,31,33)(H,32,34,39)/t18-,21+/m0/s1. The minimum absolute atomic E-state index is 0.00398. The third-order valence-corrected chi connectivity index (χ3v) is 7.71. The number of urea groups is 1. The van der Waals surface area contributed by atoms with Crippen molar-refractivity contribution in [2.24, 2.45) is 0 Å². The third kappa shape index (κ3) is 5.39. The van der Waals surface area contributed by atoms with Crippen molar-refractivity contribution >= 4 is 29.1 Å². The molecule has 1 aromatic carbocycles. The van der Waals surface area contributed by atoms with Crippen LogP contribution in [-0.4, -0.2) is 73.9 Å². The van der Waals surface area contributed by atoms with E-state index in [4.69, 9.17) is 15.5 Å². The fourth-order valence-electron chi connectivity index (χ4n) is 5.32. The number of carbonyl (C=O) groups excluding carboxylic acids is 2. The van der Waals surface area contributed by atoms with Gasteiger partial charge in [-0.05, 0) is 50.8 Å². The van der Waals surface area contributed by atoms with Crippen LogP contribution in [0.3, 0.4) is 0 Å². The molecule has 212 valence electrons. The molecule has 41 heavy (non-hydrogen) atoms. The van der Waals surface area contributed by atoms with E-state index in [2.05, 4.69) is 22.2 Å². The summed E-state index contributed by atoms with van der Waals surface area (Å²) in [4.78, 5) is 43.0. The molecule has 11 heteroatoms. The van der Waals surface area contributed by atoms with Crippen molar-refractivity contribution in [2.75, 3.05) is 31.7 Å². The van der Waals surface area contributed by atoms with E-state index in [1.165, 1.54) is 0 Å². The second kappa shape index (κ2) is 10.7. The van der Waals surface area contributed by atoms with Gasteiger partial charge in [0.25, 0.3) is 5.91 Å². The van der Waals surface area contributed by atoms with Crippen LogP contribution in [0.5, 0.6) is 5.75 Å². The molecule has 2 aliphatic rings. The second-order valence-electron chi connectivity index (χ2n) is 11.0. The molecule has 3 amide bonds. The highest BCUT2D eigenvalue weighted by molar-refractivity contribution is 6.04. The molecule has 1 aliphatic heterocycles. The van der Waals surface area contributed by atoms with Crippen LogP contribution in [0.15, 0.2) is 55.0 Å².